The molecule has 1 amide bonds. The maximum absolute atomic E-state index is 12.1. The number of esters is 1. The quantitative estimate of drug-likeness (QED) is 0.828. The maximum Gasteiger partial charge on any atom is 0.337 e. The first kappa shape index (κ1) is 17.0. The number of nitrogens with one attached hydrogen (secondary N) is 1. The van der Waals surface area contributed by atoms with Gasteiger partial charge in [-0.1, -0.05) is 0 Å². The van der Waals surface area contributed by atoms with Gasteiger partial charge in [0.25, 0.3) is 5.56 Å². The monoisotopic (exact) mass is 378 g/mol. The van der Waals surface area contributed by atoms with E-state index in [2.05, 4.69) is 26.0 Å². The smallest absolute Gasteiger partial charge is 0.337 e. The van der Waals surface area contributed by atoms with Crippen molar-refractivity contribution in [3.05, 3.63) is 62.5 Å². The van der Waals surface area contributed by atoms with Crippen molar-refractivity contribution in [1.82, 2.24) is 4.57 Å². The first-order valence-corrected chi connectivity index (χ1v) is 7.55. The number of carbonyl (C=O) groups excluding carboxylic acids is 2. The van der Waals surface area contributed by atoms with Gasteiger partial charge in [-0.25, -0.2) is 4.79 Å². The summed E-state index contributed by atoms with van der Waals surface area (Å²) in [6.45, 7) is 1.74. The van der Waals surface area contributed by atoms with Crippen LogP contribution in [0.25, 0.3) is 0 Å². The molecular formula is C16H15BrN2O4. The molecule has 0 bridgehead atoms. The summed E-state index contributed by atoms with van der Waals surface area (Å²) in [6.07, 6.45) is 1.62. The first-order chi connectivity index (χ1) is 10.9. The third kappa shape index (κ3) is 4.29. The summed E-state index contributed by atoms with van der Waals surface area (Å²) in [7, 11) is 1.30. The zero-order valence-electron chi connectivity index (χ0n) is 12.6. The molecule has 1 heterocycles. The summed E-state index contributed by atoms with van der Waals surface area (Å²) in [5, 5.41) is 2.67. The van der Waals surface area contributed by atoms with E-state index < -0.39 is 5.97 Å². The van der Waals surface area contributed by atoms with Crippen molar-refractivity contribution in [2.75, 3.05) is 12.4 Å². The van der Waals surface area contributed by atoms with Gasteiger partial charge >= 0.3 is 5.97 Å². The molecule has 2 aromatic rings. The van der Waals surface area contributed by atoms with Crippen molar-refractivity contribution >= 4 is 33.5 Å². The maximum atomic E-state index is 12.1. The molecule has 1 aromatic carbocycles. The topological polar surface area (TPSA) is 77.4 Å². The molecule has 0 aliphatic rings. The lowest BCUT2D eigenvalue weighted by Gasteiger charge is -2.09. The van der Waals surface area contributed by atoms with Crippen LogP contribution in [0.1, 0.15) is 15.9 Å². The third-order valence-corrected chi connectivity index (χ3v) is 3.65. The number of rotatable bonds is 4. The van der Waals surface area contributed by atoms with Gasteiger partial charge in [0, 0.05) is 11.9 Å². The van der Waals surface area contributed by atoms with E-state index >= 15 is 0 Å². The second-order valence-corrected chi connectivity index (χ2v) is 5.77. The average Bonchev–Trinajstić information content (AvgIpc) is 2.52. The highest BCUT2D eigenvalue weighted by molar-refractivity contribution is 9.10. The van der Waals surface area contributed by atoms with E-state index in [1.807, 2.05) is 6.92 Å². The number of pyridine rings is 1. The van der Waals surface area contributed by atoms with E-state index in [9.17, 15) is 14.4 Å². The molecule has 0 saturated heterocycles. The Morgan fingerprint density at radius 3 is 2.52 bits per heavy atom. The number of amides is 1. The average molecular weight is 379 g/mol. The lowest BCUT2D eigenvalue weighted by molar-refractivity contribution is -0.116. The SMILES string of the molecule is COC(=O)c1ccc(NC(=O)Cn2cc(C)cc(Br)c2=O)cc1. The molecule has 0 spiro atoms. The molecule has 1 aromatic heterocycles. The zero-order chi connectivity index (χ0) is 17.0. The number of benzene rings is 1. The van der Waals surface area contributed by atoms with E-state index in [1.165, 1.54) is 11.7 Å². The standard InChI is InChI=1S/C16H15BrN2O4/c1-10-7-13(17)15(21)19(8-10)9-14(20)18-12-5-3-11(4-6-12)16(22)23-2/h3-8H,9H2,1-2H3,(H,18,20). The Kier molecular flexibility index (Phi) is 5.33. The summed E-state index contributed by atoms with van der Waals surface area (Å²) >= 11 is 3.17. The molecule has 0 fully saturated rings. The van der Waals surface area contributed by atoms with Crippen LogP contribution in [-0.2, 0) is 16.1 Å². The van der Waals surface area contributed by atoms with Gasteiger partial charge in [-0.3, -0.25) is 9.59 Å². The van der Waals surface area contributed by atoms with Gasteiger partial charge in [-0.2, -0.15) is 0 Å². The number of anilines is 1. The Hall–Kier alpha value is -2.41. The van der Waals surface area contributed by atoms with E-state index in [0.717, 1.165) is 5.56 Å². The molecule has 120 valence electrons. The highest BCUT2D eigenvalue weighted by Gasteiger charge is 2.09. The van der Waals surface area contributed by atoms with E-state index in [1.54, 1.807) is 36.5 Å². The molecule has 0 radical (unpaired) electrons. The molecule has 0 atom stereocenters. The van der Waals surface area contributed by atoms with Gasteiger partial charge in [0.05, 0.1) is 17.1 Å². The van der Waals surface area contributed by atoms with Crippen LogP contribution in [0, 0.1) is 6.92 Å². The molecule has 2 rings (SSSR count). The molecule has 0 aliphatic carbocycles. The zero-order valence-corrected chi connectivity index (χ0v) is 14.2. The van der Waals surface area contributed by atoms with Crippen molar-refractivity contribution in [3.8, 4) is 0 Å². The Balaban J connectivity index is 2.08. The predicted molar refractivity (Wildman–Crippen MR) is 89.6 cm³/mol. The highest BCUT2D eigenvalue weighted by Crippen LogP contribution is 2.11. The highest BCUT2D eigenvalue weighted by atomic mass is 79.9. The fourth-order valence-electron chi connectivity index (χ4n) is 2.02. The molecule has 23 heavy (non-hydrogen) atoms. The van der Waals surface area contributed by atoms with Crippen LogP contribution in [0.15, 0.2) is 45.8 Å². The molecule has 0 saturated carbocycles. The molecule has 0 unspecified atom stereocenters. The van der Waals surface area contributed by atoms with Gasteiger partial charge in [-0.05, 0) is 58.7 Å². The van der Waals surface area contributed by atoms with Crippen LogP contribution in [0.2, 0.25) is 0 Å². The number of nitrogens with zero attached hydrogens (tertiary/aromatic N) is 1. The van der Waals surface area contributed by atoms with Crippen molar-refractivity contribution in [2.24, 2.45) is 0 Å². The van der Waals surface area contributed by atoms with Gasteiger partial charge < -0.3 is 14.6 Å². The minimum atomic E-state index is -0.445. The molecule has 7 heteroatoms. The summed E-state index contributed by atoms with van der Waals surface area (Å²) < 4.78 is 6.34. The number of hydrogen-bond acceptors (Lipinski definition) is 4. The Morgan fingerprint density at radius 2 is 1.91 bits per heavy atom. The van der Waals surface area contributed by atoms with Crippen molar-refractivity contribution in [3.63, 3.8) is 0 Å². The van der Waals surface area contributed by atoms with Gasteiger partial charge in [0.2, 0.25) is 5.91 Å². The van der Waals surface area contributed by atoms with Crippen molar-refractivity contribution < 1.29 is 14.3 Å². The largest absolute Gasteiger partial charge is 0.465 e. The normalized spacial score (nSPS) is 10.2. The van der Waals surface area contributed by atoms with Crippen molar-refractivity contribution in [1.29, 1.82) is 0 Å². The van der Waals surface area contributed by atoms with Crippen LogP contribution >= 0.6 is 15.9 Å². The number of ether oxygens (including phenoxy) is 1. The minimum Gasteiger partial charge on any atom is -0.465 e. The van der Waals surface area contributed by atoms with Crippen LogP contribution in [0.5, 0.6) is 0 Å². The Morgan fingerprint density at radius 1 is 1.26 bits per heavy atom. The molecule has 1 N–H and O–H groups in total. The fourth-order valence-corrected chi connectivity index (χ4v) is 2.61. The number of halogens is 1. The number of hydrogen-bond donors (Lipinski definition) is 1. The van der Waals surface area contributed by atoms with Gasteiger partial charge in [0.1, 0.15) is 6.54 Å². The predicted octanol–water partition coefficient (Wildman–Crippen LogP) is 2.34. The van der Waals surface area contributed by atoms with E-state index in [4.69, 9.17) is 0 Å². The number of aryl methyl sites for hydroxylation is 1. The third-order valence-electron chi connectivity index (χ3n) is 3.08. The van der Waals surface area contributed by atoms with E-state index in [0.29, 0.717) is 15.7 Å². The summed E-state index contributed by atoms with van der Waals surface area (Å²) in [5.74, 6) is -0.783. The number of aromatic nitrogens is 1. The fraction of sp³-hybridized carbons (Fsp3) is 0.188. The van der Waals surface area contributed by atoms with Crippen LogP contribution in [-0.4, -0.2) is 23.6 Å². The van der Waals surface area contributed by atoms with Crippen LogP contribution < -0.4 is 10.9 Å². The summed E-state index contributed by atoms with van der Waals surface area (Å²) in [4.78, 5) is 35.3. The Bertz CT molecular complexity index is 797. The first-order valence-electron chi connectivity index (χ1n) is 6.75. The number of carbonyl (C=O) groups is 2. The second-order valence-electron chi connectivity index (χ2n) is 4.92. The minimum absolute atomic E-state index is 0.0993. The number of methoxy groups -OCH3 is 1. The van der Waals surface area contributed by atoms with E-state index in [-0.39, 0.29) is 18.0 Å². The molecule has 0 aliphatic heterocycles. The lowest BCUT2D eigenvalue weighted by atomic mass is 10.2. The molecule has 6 nitrogen and oxygen atoms in total. The van der Waals surface area contributed by atoms with Crippen LogP contribution in [0.4, 0.5) is 5.69 Å². The van der Waals surface area contributed by atoms with Crippen molar-refractivity contribution in [2.45, 2.75) is 13.5 Å². The van der Waals surface area contributed by atoms with Gasteiger partial charge in [-0.15, -0.1) is 0 Å². The molecular weight excluding hydrogens is 364 g/mol. The lowest BCUT2D eigenvalue weighted by Crippen LogP contribution is -2.27. The second kappa shape index (κ2) is 7.23. The summed E-state index contributed by atoms with van der Waals surface area (Å²) in [5.41, 5.74) is 1.52. The van der Waals surface area contributed by atoms with Gasteiger partial charge in [0.15, 0.2) is 0 Å². The summed E-state index contributed by atoms with van der Waals surface area (Å²) in [6, 6.07) is 7.99. The van der Waals surface area contributed by atoms with Crippen LogP contribution in [0.3, 0.4) is 0 Å². The Labute approximate surface area is 141 Å².